The molecule has 110 valence electrons. The first-order chi connectivity index (χ1) is 10.1. The molecule has 0 atom stereocenters. The molecule has 1 aliphatic rings. The fraction of sp³-hybridized carbons (Fsp3) is 0.385. The fourth-order valence-corrected chi connectivity index (χ4v) is 3.81. The molecule has 0 bridgehead atoms. The predicted octanol–water partition coefficient (Wildman–Crippen LogP) is 1.56. The van der Waals surface area contributed by atoms with E-state index in [0.29, 0.717) is 5.00 Å². The number of hydrogen-bond acceptors (Lipinski definition) is 5. The van der Waals surface area contributed by atoms with E-state index in [0.717, 1.165) is 36.1 Å². The Morgan fingerprint density at radius 2 is 2.19 bits per heavy atom. The number of nitrogens with one attached hydrogen (secondary N) is 1. The van der Waals surface area contributed by atoms with Crippen molar-refractivity contribution in [2.75, 3.05) is 5.32 Å². The largest absolute Gasteiger partial charge is 0.478 e. The van der Waals surface area contributed by atoms with Crippen molar-refractivity contribution in [3.8, 4) is 0 Å². The molecular formula is C13H14N4O3S. The number of aryl methyl sites for hydroxylation is 1. The zero-order valence-corrected chi connectivity index (χ0v) is 12.0. The van der Waals surface area contributed by atoms with Gasteiger partial charge < -0.3 is 10.4 Å². The molecule has 0 spiro atoms. The average Bonchev–Trinajstić information content (AvgIpc) is 3.04. The third-order valence-corrected chi connectivity index (χ3v) is 4.62. The van der Waals surface area contributed by atoms with Crippen molar-refractivity contribution in [1.82, 2.24) is 15.0 Å². The minimum absolute atomic E-state index is 0.0155. The molecule has 1 aliphatic carbocycles. The van der Waals surface area contributed by atoms with E-state index in [9.17, 15) is 14.7 Å². The van der Waals surface area contributed by atoms with E-state index in [1.165, 1.54) is 22.2 Å². The second-order valence-electron chi connectivity index (χ2n) is 4.87. The molecule has 2 N–H and O–H groups in total. The molecule has 2 aromatic rings. The number of carboxylic acid groups (broad SMARTS) is 1. The second kappa shape index (κ2) is 5.65. The molecule has 0 aliphatic heterocycles. The molecule has 2 heterocycles. The summed E-state index contributed by atoms with van der Waals surface area (Å²) in [6.45, 7) is 0.0155. The van der Waals surface area contributed by atoms with Gasteiger partial charge in [-0.05, 0) is 31.2 Å². The lowest BCUT2D eigenvalue weighted by atomic mass is 9.95. The molecule has 0 fully saturated rings. The number of carbonyl (C=O) groups is 2. The quantitative estimate of drug-likeness (QED) is 0.893. The van der Waals surface area contributed by atoms with E-state index < -0.39 is 5.97 Å². The highest BCUT2D eigenvalue weighted by Gasteiger charge is 2.25. The Balaban J connectivity index is 1.83. The van der Waals surface area contributed by atoms with Crippen LogP contribution >= 0.6 is 11.3 Å². The second-order valence-corrected chi connectivity index (χ2v) is 5.97. The van der Waals surface area contributed by atoms with Crippen LogP contribution in [-0.4, -0.2) is 32.0 Å². The van der Waals surface area contributed by atoms with Gasteiger partial charge in [0.2, 0.25) is 5.91 Å². The number of aromatic nitrogens is 3. The minimum Gasteiger partial charge on any atom is -0.478 e. The first-order valence-electron chi connectivity index (χ1n) is 6.67. The number of carbonyl (C=O) groups excluding carboxylic acids is 1. The van der Waals surface area contributed by atoms with Crippen LogP contribution in [0, 0.1) is 0 Å². The fourth-order valence-electron chi connectivity index (χ4n) is 2.51. The van der Waals surface area contributed by atoms with Crippen molar-refractivity contribution in [1.29, 1.82) is 0 Å². The van der Waals surface area contributed by atoms with E-state index in [4.69, 9.17) is 0 Å². The standard InChI is InChI=1S/C13H14N4O3S/c18-10(7-17-6-5-14-16-17)15-12-11(13(19)20)8-3-1-2-4-9(8)21-12/h5-6H,1-4,7H2,(H,15,18)(H,19,20). The van der Waals surface area contributed by atoms with Crippen LogP contribution < -0.4 is 5.32 Å². The SMILES string of the molecule is O=C(Cn1ccnn1)Nc1sc2c(c1C(=O)O)CCCC2. The summed E-state index contributed by atoms with van der Waals surface area (Å²) in [5.74, 6) is -1.29. The Morgan fingerprint density at radius 3 is 2.90 bits per heavy atom. The monoisotopic (exact) mass is 306 g/mol. The van der Waals surface area contributed by atoms with Gasteiger partial charge in [0.1, 0.15) is 11.5 Å². The maximum absolute atomic E-state index is 12.0. The zero-order chi connectivity index (χ0) is 14.8. The summed E-state index contributed by atoms with van der Waals surface area (Å²) in [4.78, 5) is 24.5. The van der Waals surface area contributed by atoms with Crippen LogP contribution in [0.25, 0.3) is 0 Å². The Kier molecular flexibility index (Phi) is 3.70. The third-order valence-electron chi connectivity index (χ3n) is 3.42. The summed E-state index contributed by atoms with van der Waals surface area (Å²) in [6, 6.07) is 0. The van der Waals surface area contributed by atoms with Crippen molar-refractivity contribution in [3.63, 3.8) is 0 Å². The Bertz CT molecular complexity index is 678. The maximum Gasteiger partial charge on any atom is 0.339 e. The van der Waals surface area contributed by atoms with Gasteiger partial charge in [-0.2, -0.15) is 0 Å². The van der Waals surface area contributed by atoms with Gasteiger partial charge in [0.05, 0.1) is 11.8 Å². The molecule has 3 rings (SSSR count). The van der Waals surface area contributed by atoms with E-state index in [1.807, 2.05) is 0 Å². The van der Waals surface area contributed by atoms with Crippen molar-refractivity contribution in [2.45, 2.75) is 32.2 Å². The Morgan fingerprint density at radius 1 is 1.38 bits per heavy atom. The van der Waals surface area contributed by atoms with E-state index >= 15 is 0 Å². The van der Waals surface area contributed by atoms with Gasteiger partial charge in [-0.15, -0.1) is 16.4 Å². The summed E-state index contributed by atoms with van der Waals surface area (Å²) in [5.41, 5.74) is 1.14. The summed E-state index contributed by atoms with van der Waals surface area (Å²) in [5, 5.41) is 19.9. The Hall–Kier alpha value is -2.22. The molecule has 0 radical (unpaired) electrons. The van der Waals surface area contributed by atoms with Crippen molar-refractivity contribution in [3.05, 3.63) is 28.4 Å². The number of rotatable bonds is 4. The summed E-state index contributed by atoms with van der Waals surface area (Å²) < 4.78 is 1.39. The molecule has 21 heavy (non-hydrogen) atoms. The third kappa shape index (κ3) is 2.80. The highest BCUT2D eigenvalue weighted by molar-refractivity contribution is 7.17. The van der Waals surface area contributed by atoms with Crippen LogP contribution in [0.2, 0.25) is 0 Å². The Labute approximate surface area is 124 Å². The molecule has 0 aromatic carbocycles. The van der Waals surface area contributed by atoms with Gasteiger partial charge in [-0.3, -0.25) is 4.79 Å². The number of carboxylic acids is 1. The number of aromatic carboxylic acids is 1. The van der Waals surface area contributed by atoms with Gasteiger partial charge in [-0.25, -0.2) is 9.48 Å². The normalized spacial score (nSPS) is 13.7. The lowest BCUT2D eigenvalue weighted by molar-refractivity contribution is -0.116. The van der Waals surface area contributed by atoms with Crippen LogP contribution in [0.4, 0.5) is 5.00 Å². The van der Waals surface area contributed by atoms with Crippen molar-refractivity contribution >= 4 is 28.2 Å². The number of nitrogens with zero attached hydrogens (tertiary/aromatic N) is 3. The van der Waals surface area contributed by atoms with Gasteiger partial charge >= 0.3 is 5.97 Å². The van der Waals surface area contributed by atoms with Gasteiger partial charge in [0, 0.05) is 11.1 Å². The van der Waals surface area contributed by atoms with Crippen LogP contribution in [-0.2, 0) is 24.2 Å². The first-order valence-corrected chi connectivity index (χ1v) is 7.48. The maximum atomic E-state index is 12.0. The number of anilines is 1. The molecule has 0 saturated heterocycles. The van der Waals surface area contributed by atoms with Crippen LogP contribution in [0.1, 0.15) is 33.6 Å². The minimum atomic E-state index is -0.981. The highest BCUT2D eigenvalue weighted by Crippen LogP contribution is 2.38. The molecule has 8 heteroatoms. The topological polar surface area (TPSA) is 97.1 Å². The van der Waals surface area contributed by atoms with Gasteiger partial charge in [0.25, 0.3) is 0 Å². The lowest BCUT2D eigenvalue weighted by Gasteiger charge is -2.10. The first kappa shape index (κ1) is 13.7. The summed E-state index contributed by atoms with van der Waals surface area (Å²) >= 11 is 1.37. The molecule has 2 aromatic heterocycles. The van der Waals surface area contributed by atoms with Crippen LogP contribution in [0.5, 0.6) is 0 Å². The van der Waals surface area contributed by atoms with Crippen molar-refractivity contribution in [2.24, 2.45) is 0 Å². The lowest BCUT2D eigenvalue weighted by Crippen LogP contribution is -2.20. The number of hydrogen-bond donors (Lipinski definition) is 2. The smallest absolute Gasteiger partial charge is 0.339 e. The van der Waals surface area contributed by atoms with Crippen molar-refractivity contribution < 1.29 is 14.7 Å². The number of thiophene rings is 1. The van der Waals surface area contributed by atoms with Crippen LogP contribution in [0.15, 0.2) is 12.4 Å². The molecular weight excluding hydrogens is 292 g/mol. The van der Waals surface area contributed by atoms with E-state index in [2.05, 4.69) is 15.6 Å². The van der Waals surface area contributed by atoms with Crippen LogP contribution in [0.3, 0.4) is 0 Å². The number of fused-ring (bicyclic) bond motifs is 1. The summed E-state index contributed by atoms with van der Waals surface area (Å²) in [6.07, 6.45) is 6.79. The highest BCUT2D eigenvalue weighted by atomic mass is 32.1. The van der Waals surface area contributed by atoms with E-state index in [1.54, 1.807) is 6.20 Å². The molecule has 0 unspecified atom stereocenters. The zero-order valence-electron chi connectivity index (χ0n) is 11.2. The average molecular weight is 306 g/mol. The van der Waals surface area contributed by atoms with Gasteiger partial charge in [-0.1, -0.05) is 5.21 Å². The number of amides is 1. The molecule has 7 nitrogen and oxygen atoms in total. The summed E-state index contributed by atoms with van der Waals surface area (Å²) in [7, 11) is 0. The molecule has 1 amide bonds. The predicted molar refractivity (Wildman–Crippen MR) is 76.6 cm³/mol. The van der Waals surface area contributed by atoms with E-state index in [-0.39, 0.29) is 18.0 Å². The molecule has 0 saturated carbocycles. The van der Waals surface area contributed by atoms with Gasteiger partial charge in [0.15, 0.2) is 0 Å².